The molecule has 1 aromatic heterocycles. The van der Waals surface area contributed by atoms with Crippen molar-refractivity contribution in [2.45, 2.75) is 18.8 Å². The first-order chi connectivity index (χ1) is 10.8. The van der Waals surface area contributed by atoms with Gasteiger partial charge in [0.05, 0.1) is 12.4 Å². The van der Waals surface area contributed by atoms with Gasteiger partial charge in [-0.05, 0) is 42.3 Å². The number of carbonyl (C=O) groups excluding carboxylic acids is 1. The third kappa shape index (κ3) is 3.25. The van der Waals surface area contributed by atoms with Crippen molar-refractivity contribution >= 4 is 17.7 Å². The summed E-state index contributed by atoms with van der Waals surface area (Å²) in [5.74, 6) is 1.55. The van der Waals surface area contributed by atoms with Crippen LogP contribution in [0.15, 0.2) is 48.8 Å². The average Bonchev–Trinajstić information content (AvgIpc) is 2.90. The zero-order valence-corrected chi connectivity index (χ0v) is 13.3. The highest BCUT2D eigenvalue weighted by Crippen LogP contribution is 2.40. The van der Waals surface area contributed by atoms with E-state index >= 15 is 0 Å². The molecule has 3 rings (SSSR count). The molecule has 0 N–H and O–H groups in total. The summed E-state index contributed by atoms with van der Waals surface area (Å²) < 4.78 is 5.57. The molecule has 5 heteroatoms. The summed E-state index contributed by atoms with van der Waals surface area (Å²) in [5.41, 5.74) is 2.20. The summed E-state index contributed by atoms with van der Waals surface area (Å²) in [5, 5.41) is 0.0427. The molecule has 2 aromatic rings. The first kappa shape index (κ1) is 14.9. The second-order valence-electron chi connectivity index (χ2n) is 5.05. The van der Waals surface area contributed by atoms with E-state index in [1.165, 1.54) is 0 Å². The fourth-order valence-electron chi connectivity index (χ4n) is 2.51. The van der Waals surface area contributed by atoms with Crippen molar-refractivity contribution in [3.63, 3.8) is 0 Å². The van der Waals surface area contributed by atoms with Crippen LogP contribution in [-0.4, -0.2) is 28.2 Å². The summed E-state index contributed by atoms with van der Waals surface area (Å²) in [6.07, 6.45) is 3.52. The molecular formula is C17H18N2O2S. The summed E-state index contributed by atoms with van der Waals surface area (Å²) in [6, 6.07) is 11.9. The lowest BCUT2D eigenvalue weighted by Crippen LogP contribution is -2.27. The standard InChI is InChI=1S/C17H18N2O2S/c1-2-21-15-5-3-4-14(10-15)17-19(16(20)12-22-17)11-13-6-8-18-9-7-13/h3-10,17H,2,11-12H2,1H3. The first-order valence-electron chi connectivity index (χ1n) is 7.30. The van der Waals surface area contributed by atoms with Gasteiger partial charge in [-0.3, -0.25) is 9.78 Å². The molecule has 1 unspecified atom stereocenters. The maximum atomic E-state index is 12.2. The van der Waals surface area contributed by atoms with E-state index in [0.29, 0.717) is 18.9 Å². The fourth-order valence-corrected chi connectivity index (χ4v) is 3.69. The van der Waals surface area contributed by atoms with Crippen LogP contribution in [0.5, 0.6) is 5.75 Å². The molecular weight excluding hydrogens is 296 g/mol. The number of hydrogen-bond acceptors (Lipinski definition) is 4. The van der Waals surface area contributed by atoms with Crippen LogP contribution >= 0.6 is 11.8 Å². The highest BCUT2D eigenvalue weighted by atomic mass is 32.2. The Kier molecular flexibility index (Phi) is 4.63. The van der Waals surface area contributed by atoms with Crippen LogP contribution in [0.4, 0.5) is 0 Å². The van der Waals surface area contributed by atoms with Gasteiger partial charge in [0.2, 0.25) is 5.91 Å². The third-order valence-corrected chi connectivity index (χ3v) is 4.78. The van der Waals surface area contributed by atoms with Gasteiger partial charge in [-0.15, -0.1) is 11.8 Å². The molecule has 1 aliphatic rings. The second kappa shape index (κ2) is 6.83. The van der Waals surface area contributed by atoms with Gasteiger partial charge >= 0.3 is 0 Å². The van der Waals surface area contributed by atoms with Crippen molar-refractivity contribution in [3.8, 4) is 5.75 Å². The van der Waals surface area contributed by atoms with Crippen LogP contribution in [-0.2, 0) is 11.3 Å². The number of thioether (sulfide) groups is 1. The Hall–Kier alpha value is -2.01. The largest absolute Gasteiger partial charge is 0.494 e. The van der Waals surface area contributed by atoms with Gasteiger partial charge < -0.3 is 9.64 Å². The van der Waals surface area contributed by atoms with E-state index in [0.717, 1.165) is 16.9 Å². The second-order valence-corrected chi connectivity index (χ2v) is 6.11. The monoisotopic (exact) mass is 314 g/mol. The van der Waals surface area contributed by atoms with Crippen molar-refractivity contribution in [3.05, 3.63) is 59.9 Å². The molecule has 0 aliphatic carbocycles. The SMILES string of the molecule is CCOc1cccc(C2SCC(=O)N2Cc2ccncc2)c1. The molecule has 1 saturated heterocycles. The number of benzene rings is 1. The van der Waals surface area contributed by atoms with E-state index in [1.807, 2.05) is 42.2 Å². The lowest BCUT2D eigenvalue weighted by Gasteiger charge is -2.24. The number of aromatic nitrogens is 1. The molecule has 1 aliphatic heterocycles. The summed E-state index contributed by atoms with van der Waals surface area (Å²) in [4.78, 5) is 18.2. The zero-order valence-electron chi connectivity index (χ0n) is 12.4. The Morgan fingerprint density at radius 1 is 1.32 bits per heavy atom. The van der Waals surface area contributed by atoms with Crippen LogP contribution in [0.1, 0.15) is 23.4 Å². The van der Waals surface area contributed by atoms with Crippen LogP contribution in [0.3, 0.4) is 0 Å². The van der Waals surface area contributed by atoms with Crippen LogP contribution < -0.4 is 4.74 Å². The Bertz CT molecular complexity index is 648. The zero-order chi connectivity index (χ0) is 15.4. The van der Waals surface area contributed by atoms with Gasteiger partial charge in [0.1, 0.15) is 11.1 Å². The number of amides is 1. The van der Waals surface area contributed by atoms with Crippen molar-refractivity contribution in [1.29, 1.82) is 0 Å². The molecule has 2 heterocycles. The lowest BCUT2D eigenvalue weighted by molar-refractivity contribution is -0.128. The van der Waals surface area contributed by atoms with Crippen molar-refractivity contribution in [2.24, 2.45) is 0 Å². The van der Waals surface area contributed by atoms with Gasteiger partial charge in [0.25, 0.3) is 0 Å². The maximum absolute atomic E-state index is 12.2. The Balaban J connectivity index is 1.82. The first-order valence-corrected chi connectivity index (χ1v) is 8.35. The molecule has 22 heavy (non-hydrogen) atoms. The lowest BCUT2D eigenvalue weighted by atomic mass is 10.1. The number of carbonyl (C=O) groups is 1. The smallest absolute Gasteiger partial charge is 0.234 e. The number of hydrogen-bond donors (Lipinski definition) is 0. The molecule has 1 amide bonds. The topological polar surface area (TPSA) is 42.4 Å². The summed E-state index contributed by atoms with van der Waals surface area (Å²) in [6.45, 7) is 3.22. The van der Waals surface area contributed by atoms with Gasteiger partial charge in [-0.1, -0.05) is 12.1 Å². The normalized spacial score (nSPS) is 17.8. The Labute approximate surface area is 134 Å². The van der Waals surface area contributed by atoms with Crippen molar-refractivity contribution in [1.82, 2.24) is 9.88 Å². The molecule has 0 radical (unpaired) electrons. The Morgan fingerprint density at radius 3 is 2.91 bits per heavy atom. The quantitative estimate of drug-likeness (QED) is 0.849. The number of ether oxygens (including phenoxy) is 1. The van der Waals surface area contributed by atoms with Gasteiger partial charge in [-0.25, -0.2) is 0 Å². The van der Waals surface area contributed by atoms with E-state index < -0.39 is 0 Å². The Morgan fingerprint density at radius 2 is 2.14 bits per heavy atom. The number of rotatable bonds is 5. The van der Waals surface area contributed by atoms with Crippen molar-refractivity contribution < 1.29 is 9.53 Å². The predicted octanol–water partition coefficient (Wildman–Crippen LogP) is 3.25. The molecule has 1 fully saturated rings. The molecule has 0 spiro atoms. The summed E-state index contributed by atoms with van der Waals surface area (Å²) in [7, 11) is 0. The highest BCUT2D eigenvalue weighted by Gasteiger charge is 2.32. The average molecular weight is 314 g/mol. The van der Waals surface area contributed by atoms with Crippen molar-refractivity contribution in [2.75, 3.05) is 12.4 Å². The van der Waals surface area contributed by atoms with E-state index in [1.54, 1.807) is 24.2 Å². The van der Waals surface area contributed by atoms with Crippen LogP contribution in [0.2, 0.25) is 0 Å². The fraction of sp³-hybridized carbons (Fsp3) is 0.294. The predicted molar refractivity (Wildman–Crippen MR) is 87.6 cm³/mol. The number of pyridine rings is 1. The minimum absolute atomic E-state index is 0.0427. The molecule has 4 nitrogen and oxygen atoms in total. The minimum Gasteiger partial charge on any atom is -0.494 e. The maximum Gasteiger partial charge on any atom is 0.234 e. The van der Waals surface area contributed by atoms with Crippen LogP contribution in [0.25, 0.3) is 0 Å². The highest BCUT2D eigenvalue weighted by molar-refractivity contribution is 8.00. The van der Waals surface area contributed by atoms with E-state index in [4.69, 9.17) is 4.74 Å². The van der Waals surface area contributed by atoms with Gasteiger partial charge in [-0.2, -0.15) is 0 Å². The molecule has 1 aromatic carbocycles. The molecule has 0 saturated carbocycles. The van der Waals surface area contributed by atoms with Crippen LogP contribution in [0, 0.1) is 0 Å². The third-order valence-electron chi connectivity index (χ3n) is 3.52. The molecule has 1 atom stereocenters. The minimum atomic E-state index is 0.0427. The summed E-state index contributed by atoms with van der Waals surface area (Å²) >= 11 is 1.66. The van der Waals surface area contributed by atoms with E-state index in [9.17, 15) is 4.79 Å². The molecule has 114 valence electrons. The van der Waals surface area contributed by atoms with E-state index in [-0.39, 0.29) is 11.3 Å². The molecule has 0 bridgehead atoms. The van der Waals surface area contributed by atoms with E-state index in [2.05, 4.69) is 11.1 Å². The van der Waals surface area contributed by atoms with Gasteiger partial charge in [0.15, 0.2) is 0 Å². The van der Waals surface area contributed by atoms with Gasteiger partial charge in [0, 0.05) is 18.9 Å². The number of nitrogens with zero attached hydrogens (tertiary/aromatic N) is 2.